The number of amides is 1. The van der Waals surface area contributed by atoms with Gasteiger partial charge < -0.3 is 4.74 Å². The molecule has 0 aliphatic rings. The van der Waals surface area contributed by atoms with Crippen LogP contribution in [0.25, 0.3) is 21.5 Å². The first-order valence-electron chi connectivity index (χ1n) is 8.81. The Morgan fingerprint density at radius 1 is 0.929 bits per heavy atom. The van der Waals surface area contributed by atoms with Gasteiger partial charge in [0.25, 0.3) is 5.91 Å². The lowest BCUT2D eigenvalue weighted by Gasteiger charge is -2.08. The zero-order chi connectivity index (χ0) is 19.3. The molecule has 138 valence electrons. The summed E-state index contributed by atoms with van der Waals surface area (Å²) in [4.78, 5) is 12.0. The van der Waals surface area contributed by atoms with Crippen molar-refractivity contribution >= 4 is 45.3 Å². The topological polar surface area (TPSA) is 50.7 Å². The standard InChI is InChI=1S/C23H17ClN2O2/c24-18-9-11-19(12-10-18)28-15-23(27)26-25-14-22-20-7-3-1-5-16(20)13-17-6-2-4-8-21(17)22/h1-14H,15H2,(H,26,27)/b25-14-. The summed E-state index contributed by atoms with van der Waals surface area (Å²) in [6, 6.07) is 25.2. The van der Waals surface area contributed by atoms with E-state index in [0.29, 0.717) is 10.8 Å². The van der Waals surface area contributed by atoms with Gasteiger partial charge in [0.2, 0.25) is 0 Å². The number of hydrogen-bond donors (Lipinski definition) is 1. The molecule has 0 fully saturated rings. The van der Waals surface area contributed by atoms with Crippen LogP contribution in [0.4, 0.5) is 0 Å². The fourth-order valence-corrected chi connectivity index (χ4v) is 3.19. The third-order valence-electron chi connectivity index (χ3n) is 4.38. The molecule has 0 radical (unpaired) electrons. The predicted octanol–water partition coefficient (Wildman–Crippen LogP) is 5.18. The highest BCUT2D eigenvalue weighted by Crippen LogP contribution is 2.27. The quantitative estimate of drug-likeness (QED) is 0.291. The Morgan fingerprint density at radius 3 is 2.18 bits per heavy atom. The van der Waals surface area contributed by atoms with Crippen molar-refractivity contribution in [1.29, 1.82) is 0 Å². The monoisotopic (exact) mass is 388 g/mol. The Bertz CT molecular complexity index is 1120. The molecule has 4 aromatic carbocycles. The first-order valence-corrected chi connectivity index (χ1v) is 9.19. The Labute approximate surface area is 167 Å². The lowest BCUT2D eigenvalue weighted by molar-refractivity contribution is -0.123. The van der Waals surface area contributed by atoms with Crippen molar-refractivity contribution in [1.82, 2.24) is 5.43 Å². The van der Waals surface area contributed by atoms with E-state index in [1.165, 1.54) is 0 Å². The van der Waals surface area contributed by atoms with Crippen LogP contribution in [-0.2, 0) is 4.79 Å². The molecule has 28 heavy (non-hydrogen) atoms. The van der Waals surface area contributed by atoms with Crippen molar-refractivity contribution in [2.75, 3.05) is 6.61 Å². The molecule has 0 saturated carbocycles. The van der Waals surface area contributed by atoms with Crippen LogP contribution >= 0.6 is 11.6 Å². The minimum Gasteiger partial charge on any atom is -0.484 e. The van der Waals surface area contributed by atoms with Gasteiger partial charge in [0, 0.05) is 10.6 Å². The maximum atomic E-state index is 12.0. The van der Waals surface area contributed by atoms with Crippen molar-refractivity contribution in [2.45, 2.75) is 0 Å². The number of hydrogen-bond acceptors (Lipinski definition) is 3. The number of hydrazone groups is 1. The summed E-state index contributed by atoms with van der Waals surface area (Å²) >= 11 is 5.83. The van der Waals surface area contributed by atoms with Crippen molar-refractivity contribution in [3.63, 3.8) is 0 Å². The Kier molecular flexibility index (Phi) is 5.22. The lowest BCUT2D eigenvalue weighted by atomic mass is 9.97. The van der Waals surface area contributed by atoms with Crippen LogP contribution in [0.3, 0.4) is 0 Å². The van der Waals surface area contributed by atoms with Crippen molar-refractivity contribution in [3.05, 3.63) is 89.4 Å². The van der Waals surface area contributed by atoms with Gasteiger partial charge in [-0.05, 0) is 51.9 Å². The molecule has 1 amide bonds. The lowest BCUT2D eigenvalue weighted by Crippen LogP contribution is -2.24. The number of benzene rings is 4. The van der Waals surface area contributed by atoms with Crippen molar-refractivity contribution in [2.24, 2.45) is 5.10 Å². The zero-order valence-electron chi connectivity index (χ0n) is 14.9. The number of halogens is 1. The molecule has 0 saturated heterocycles. The van der Waals surface area contributed by atoms with Gasteiger partial charge in [0.1, 0.15) is 5.75 Å². The first kappa shape index (κ1) is 18.0. The average molecular weight is 389 g/mol. The van der Waals surface area contributed by atoms with E-state index in [4.69, 9.17) is 16.3 Å². The van der Waals surface area contributed by atoms with Crippen molar-refractivity contribution in [3.8, 4) is 5.75 Å². The van der Waals surface area contributed by atoms with E-state index in [-0.39, 0.29) is 12.5 Å². The summed E-state index contributed by atoms with van der Waals surface area (Å²) in [5.41, 5.74) is 3.49. The highest BCUT2D eigenvalue weighted by atomic mass is 35.5. The van der Waals surface area contributed by atoms with E-state index in [1.54, 1.807) is 30.5 Å². The van der Waals surface area contributed by atoms with Crippen molar-refractivity contribution < 1.29 is 9.53 Å². The first-order chi connectivity index (χ1) is 13.7. The fourth-order valence-electron chi connectivity index (χ4n) is 3.07. The average Bonchev–Trinajstić information content (AvgIpc) is 2.73. The summed E-state index contributed by atoms with van der Waals surface area (Å²) < 4.78 is 5.42. The third kappa shape index (κ3) is 3.97. The second-order valence-electron chi connectivity index (χ2n) is 6.27. The van der Waals surface area contributed by atoms with E-state index in [0.717, 1.165) is 27.1 Å². The summed E-state index contributed by atoms with van der Waals surface area (Å²) in [6.07, 6.45) is 1.69. The number of nitrogens with zero attached hydrogens (tertiary/aromatic N) is 1. The minimum absolute atomic E-state index is 0.130. The highest BCUT2D eigenvalue weighted by Gasteiger charge is 2.06. The molecule has 0 spiro atoms. The van der Waals surface area contributed by atoms with Crippen LogP contribution in [0, 0.1) is 0 Å². The van der Waals surface area contributed by atoms with Crippen LogP contribution in [0.1, 0.15) is 5.56 Å². The fraction of sp³-hybridized carbons (Fsp3) is 0.0435. The Morgan fingerprint density at radius 2 is 1.54 bits per heavy atom. The largest absolute Gasteiger partial charge is 0.484 e. The van der Waals surface area contributed by atoms with E-state index in [1.807, 2.05) is 24.3 Å². The van der Waals surface area contributed by atoms with Gasteiger partial charge in [-0.15, -0.1) is 0 Å². The van der Waals surface area contributed by atoms with E-state index >= 15 is 0 Å². The molecule has 0 atom stereocenters. The molecule has 0 unspecified atom stereocenters. The molecule has 1 N–H and O–H groups in total. The molecule has 4 aromatic rings. The predicted molar refractivity (Wildman–Crippen MR) is 114 cm³/mol. The molecule has 0 bridgehead atoms. The van der Waals surface area contributed by atoms with E-state index in [9.17, 15) is 4.79 Å². The summed E-state index contributed by atoms with van der Waals surface area (Å²) in [7, 11) is 0. The SMILES string of the molecule is O=C(COc1ccc(Cl)cc1)N/N=C\c1c2ccccc2cc2ccccc12. The molecule has 4 nitrogen and oxygen atoms in total. The molecule has 4 rings (SSSR count). The molecule has 0 aliphatic carbocycles. The van der Waals surface area contributed by atoms with Gasteiger partial charge in [0.15, 0.2) is 6.61 Å². The molecule has 5 heteroatoms. The third-order valence-corrected chi connectivity index (χ3v) is 4.63. The van der Waals surface area contributed by atoms with Crippen LogP contribution in [0.2, 0.25) is 5.02 Å². The molecule has 0 heterocycles. The number of carbonyl (C=O) groups is 1. The van der Waals surface area contributed by atoms with Gasteiger partial charge in [-0.2, -0.15) is 5.10 Å². The minimum atomic E-state index is -0.337. The van der Waals surface area contributed by atoms with Crippen LogP contribution in [0.5, 0.6) is 5.75 Å². The molecular formula is C23H17ClN2O2. The van der Waals surface area contributed by atoms with Gasteiger partial charge in [-0.3, -0.25) is 4.79 Å². The summed E-state index contributed by atoms with van der Waals surface area (Å²) in [6.45, 7) is -0.130. The molecular weight excluding hydrogens is 372 g/mol. The Balaban J connectivity index is 1.51. The second kappa shape index (κ2) is 8.11. The number of carbonyl (C=O) groups excluding carboxylic acids is 1. The number of rotatable bonds is 5. The van der Waals surface area contributed by atoms with E-state index < -0.39 is 0 Å². The van der Waals surface area contributed by atoms with E-state index in [2.05, 4.69) is 40.9 Å². The smallest absolute Gasteiger partial charge is 0.277 e. The van der Waals surface area contributed by atoms with Crippen LogP contribution < -0.4 is 10.2 Å². The normalized spacial score (nSPS) is 11.2. The highest BCUT2D eigenvalue weighted by molar-refractivity contribution is 6.30. The van der Waals surface area contributed by atoms with Gasteiger partial charge >= 0.3 is 0 Å². The number of nitrogens with one attached hydrogen (secondary N) is 1. The van der Waals surface area contributed by atoms with Crippen LogP contribution in [0.15, 0.2) is 84.0 Å². The van der Waals surface area contributed by atoms with Crippen LogP contribution in [-0.4, -0.2) is 18.7 Å². The number of ether oxygens (including phenoxy) is 1. The van der Waals surface area contributed by atoms with Gasteiger partial charge in [-0.25, -0.2) is 5.43 Å². The zero-order valence-corrected chi connectivity index (χ0v) is 15.7. The summed E-state index contributed by atoms with van der Waals surface area (Å²) in [5, 5.41) is 9.17. The molecule has 0 aliphatic heterocycles. The second-order valence-corrected chi connectivity index (χ2v) is 6.70. The summed E-state index contributed by atoms with van der Waals surface area (Å²) in [5.74, 6) is 0.235. The van der Waals surface area contributed by atoms with Gasteiger partial charge in [-0.1, -0.05) is 60.1 Å². The maximum absolute atomic E-state index is 12.0. The number of fused-ring (bicyclic) bond motifs is 2. The molecule has 0 aromatic heterocycles. The maximum Gasteiger partial charge on any atom is 0.277 e. The Hall–Kier alpha value is -3.37. The van der Waals surface area contributed by atoms with Gasteiger partial charge in [0.05, 0.1) is 6.21 Å².